The third kappa shape index (κ3) is 3.41. The molecule has 0 unspecified atom stereocenters. The van der Waals surface area contributed by atoms with Crippen LogP contribution in [0.15, 0.2) is 59.5 Å². The summed E-state index contributed by atoms with van der Waals surface area (Å²) in [6.45, 7) is -0.390. The Balaban J connectivity index is 2.27. The second-order valence-electron chi connectivity index (χ2n) is 4.22. The zero-order valence-electron chi connectivity index (χ0n) is 10.5. The Morgan fingerprint density at radius 1 is 1.10 bits per heavy atom. The fourth-order valence-corrected chi connectivity index (χ4v) is 3.03. The maximum atomic E-state index is 13.1. The van der Waals surface area contributed by atoms with Gasteiger partial charge in [-0.1, -0.05) is 36.4 Å². The number of aliphatic hydroxyl groups excluding tert-OH is 1. The molecule has 0 saturated carbocycles. The molecule has 0 aliphatic rings. The van der Waals surface area contributed by atoms with Crippen molar-refractivity contribution >= 4 is 10.0 Å². The molecule has 4 nitrogen and oxygen atoms in total. The van der Waals surface area contributed by atoms with Gasteiger partial charge >= 0.3 is 0 Å². The summed E-state index contributed by atoms with van der Waals surface area (Å²) in [5, 5.41) is 9.34. The van der Waals surface area contributed by atoms with Gasteiger partial charge in [0.1, 0.15) is 5.82 Å². The second kappa shape index (κ2) is 6.13. The maximum absolute atomic E-state index is 13.1. The average Bonchev–Trinajstić information content (AvgIpc) is 2.46. The Morgan fingerprint density at radius 3 is 2.40 bits per heavy atom. The maximum Gasteiger partial charge on any atom is 0.241 e. The Kier molecular flexibility index (Phi) is 4.49. The van der Waals surface area contributed by atoms with Crippen LogP contribution in [0.5, 0.6) is 0 Å². The summed E-state index contributed by atoms with van der Waals surface area (Å²) in [4.78, 5) is -0.174. The first kappa shape index (κ1) is 14.6. The van der Waals surface area contributed by atoms with Gasteiger partial charge < -0.3 is 5.11 Å². The number of sulfonamides is 1. The van der Waals surface area contributed by atoms with Crippen molar-refractivity contribution in [2.24, 2.45) is 0 Å². The minimum absolute atomic E-state index is 0.174. The zero-order valence-corrected chi connectivity index (χ0v) is 11.3. The van der Waals surface area contributed by atoms with E-state index in [0.29, 0.717) is 5.56 Å². The fraction of sp³-hybridized carbons (Fsp3) is 0.143. The van der Waals surface area contributed by atoms with Crippen LogP contribution in [0.4, 0.5) is 4.39 Å². The average molecular weight is 295 g/mol. The van der Waals surface area contributed by atoms with E-state index in [4.69, 9.17) is 0 Å². The lowest BCUT2D eigenvalue weighted by Gasteiger charge is -2.16. The quantitative estimate of drug-likeness (QED) is 0.884. The normalized spacial score (nSPS) is 13.1. The van der Waals surface area contributed by atoms with Gasteiger partial charge in [-0.25, -0.2) is 17.5 Å². The van der Waals surface area contributed by atoms with E-state index < -0.39 is 28.5 Å². The molecule has 0 spiro atoms. The van der Waals surface area contributed by atoms with Crippen molar-refractivity contribution in [2.45, 2.75) is 10.9 Å². The van der Waals surface area contributed by atoms with Crippen molar-refractivity contribution in [3.05, 3.63) is 66.0 Å². The SMILES string of the molecule is O=S(=O)(N[C@H](CO)c1ccccc1)c1cccc(F)c1. The van der Waals surface area contributed by atoms with Crippen LogP contribution in [0, 0.1) is 5.82 Å². The standard InChI is InChI=1S/C14H14FNO3S/c15-12-7-4-8-13(9-12)20(18,19)16-14(10-17)11-5-2-1-3-6-11/h1-9,14,16-17H,10H2/t14-/m1/s1. The molecule has 1 atom stereocenters. The molecule has 0 aliphatic carbocycles. The summed E-state index contributed by atoms with van der Waals surface area (Å²) in [6.07, 6.45) is 0. The predicted octanol–water partition coefficient (Wildman–Crippen LogP) is 1.84. The number of hydrogen-bond acceptors (Lipinski definition) is 3. The lowest BCUT2D eigenvalue weighted by atomic mass is 10.1. The van der Waals surface area contributed by atoms with Gasteiger partial charge in [-0.2, -0.15) is 0 Å². The molecule has 0 radical (unpaired) electrons. The molecule has 20 heavy (non-hydrogen) atoms. The molecule has 0 bridgehead atoms. The summed E-state index contributed by atoms with van der Waals surface area (Å²) in [5.41, 5.74) is 0.634. The van der Waals surface area contributed by atoms with Crippen LogP contribution in [0.2, 0.25) is 0 Å². The highest BCUT2D eigenvalue weighted by molar-refractivity contribution is 7.89. The van der Waals surface area contributed by atoms with Crippen molar-refractivity contribution in [3.63, 3.8) is 0 Å². The number of nitrogens with one attached hydrogen (secondary N) is 1. The van der Waals surface area contributed by atoms with Gasteiger partial charge in [0.25, 0.3) is 0 Å². The number of hydrogen-bond donors (Lipinski definition) is 2. The van der Waals surface area contributed by atoms with Gasteiger partial charge in [0.05, 0.1) is 17.5 Å². The van der Waals surface area contributed by atoms with Gasteiger partial charge in [-0.05, 0) is 23.8 Å². The molecular weight excluding hydrogens is 281 g/mol. The molecular formula is C14H14FNO3S. The first-order valence-electron chi connectivity index (χ1n) is 5.96. The Morgan fingerprint density at radius 2 is 1.80 bits per heavy atom. The number of rotatable bonds is 5. The van der Waals surface area contributed by atoms with Crippen LogP contribution in [0.3, 0.4) is 0 Å². The highest BCUT2D eigenvalue weighted by Gasteiger charge is 2.21. The minimum atomic E-state index is -3.89. The number of benzene rings is 2. The van der Waals surface area contributed by atoms with E-state index in [9.17, 15) is 17.9 Å². The third-order valence-corrected chi connectivity index (χ3v) is 4.26. The van der Waals surface area contributed by atoms with Crippen molar-refractivity contribution in [2.75, 3.05) is 6.61 Å². The summed E-state index contributed by atoms with van der Waals surface area (Å²) in [5.74, 6) is -0.631. The fourth-order valence-electron chi connectivity index (χ4n) is 1.79. The number of aliphatic hydroxyl groups is 1. The molecule has 2 rings (SSSR count). The van der Waals surface area contributed by atoms with Crippen LogP contribution in [0.1, 0.15) is 11.6 Å². The van der Waals surface area contributed by atoms with E-state index in [1.807, 2.05) is 0 Å². The van der Waals surface area contributed by atoms with E-state index in [0.717, 1.165) is 6.07 Å². The Bertz CT molecular complexity index is 674. The van der Waals surface area contributed by atoms with Crippen molar-refractivity contribution < 1.29 is 17.9 Å². The van der Waals surface area contributed by atoms with Crippen molar-refractivity contribution in [3.8, 4) is 0 Å². The minimum Gasteiger partial charge on any atom is -0.394 e. The molecule has 0 fully saturated rings. The van der Waals surface area contributed by atoms with Crippen molar-refractivity contribution in [1.82, 2.24) is 4.72 Å². The molecule has 2 N–H and O–H groups in total. The number of halogens is 1. The zero-order chi connectivity index (χ0) is 14.6. The largest absolute Gasteiger partial charge is 0.394 e. The summed E-state index contributed by atoms with van der Waals surface area (Å²) in [6, 6.07) is 12.6. The molecule has 0 aliphatic heterocycles. The third-order valence-electron chi connectivity index (χ3n) is 2.79. The van der Waals surface area contributed by atoms with Crippen molar-refractivity contribution in [1.29, 1.82) is 0 Å². The van der Waals surface area contributed by atoms with E-state index in [1.165, 1.54) is 18.2 Å². The highest BCUT2D eigenvalue weighted by Crippen LogP contribution is 2.17. The van der Waals surface area contributed by atoms with Crippen LogP contribution in [0.25, 0.3) is 0 Å². The lowest BCUT2D eigenvalue weighted by Crippen LogP contribution is -2.30. The first-order valence-corrected chi connectivity index (χ1v) is 7.45. The Hall–Kier alpha value is -1.76. The van der Waals surface area contributed by atoms with Gasteiger partial charge in [0.2, 0.25) is 10.0 Å². The molecule has 0 aromatic heterocycles. The van der Waals surface area contributed by atoms with Gasteiger partial charge in [-0.3, -0.25) is 0 Å². The predicted molar refractivity (Wildman–Crippen MR) is 73.0 cm³/mol. The smallest absolute Gasteiger partial charge is 0.241 e. The van der Waals surface area contributed by atoms with Crippen LogP contribution < -0.4 is 4.72 Å². The summed E-state index contributed by atoms with van der Waals surface area (Å²) >= 11 is 0. The molecule has 0 saturated heterocycles. The topological polar surface area (TPSA) is 66.4 Å². The molecule has 6 heteroatoms. The molecule has 0 heterocycles. The molecule has 0 amide bonds. The summed E-state index contributed by atoms with van der Waals surface area (Å²) < 4.78 is 39.7. The van der Waals surface area contributed by atoms with Crippen LogP contribution in [-0.4, -0.2) is 20.1 Å². The van der Waals surface area contributed by atoms with Gasteiger partial charge in [-0.15, -0.1) is 0 Å². The molecule has 106 valence electrons. The highest BCUT2D eigenvalue weighted by atomic mass is 32.2. The van der Waals surface area contributed by atoms with Gasteiger partial charge in [0, 0.05) is 0 Å². The molecule has 2 aromatic carbocycles. The Labute approximate surface area is 116 Å². The monoisotopic (exact) mass is 295 g/mol. The van der Waals surface area contributed by atoms with E-state index in [-0.39, 0.29) is 4.90 Å². The summed E-state index contributed by atoms with van der Waals surface area (Å²) in [7, 11) is -3.89. The second-order valence-corrected chi connectivity index (χ2v) is 5.94. The lowest BCUT2D eigenvalue weighted by molar-refractivity contribution is 0.259. The molecule has 2 aromatic rings. The van der Waals surface area contributed by atoms with E-state index in [2.05, 4.69) is 4.72 Å². The van der Waals surface area contributed by atoms with Gasteiger partial charge in [0.15, 0.2) is 0 Å². The van der Waals surface area contributed by atoms with E-state index >= 15 is 0 Å². The van der Waals surface area contributed by atoms with Crippen LogP contribution in [-0.2, 0) is 10.0 Å². The van der Waals surface area contributed by atoms with Crippen LogP contribution >= 0.6 is 0 Å². The first-order chi connectivity index (χ1) is 9.53. The van der Waals surface area contributed by atoms with E-state index in [1.54, 1.807) is 30.3 Å².